The van der Waals surface area contributed by atoms with E-state index >= 15 is 0 Å². The molecule has 0 aliphatic rings. The number of nitriles is 1. The highest BCUT2D eigenvalue weighted by Crippen LogP contribution is 2.36. The number of hydrogen-bond acceptors (Lipinski definition) is 4. The molecular weight excluding hydrogens is 352 g/mol. The van der Waals surface area contributed by atoms with Crippen molar-refractivity contribution in [3.63, 3.8) is 0 Å². The van der Waals surface area contributed by atoms with Crippen LogP contribution in [0.5, 0.6) is 0 Å². The molecule has 0 fully saturated rings. The molecule has 25 heavy (non-hydrogen) atoms. The second-order valence-electron chi connectivity index (χ2n) is 5.43. The van der Waals surface area contributed by atoms with Gasteiger partial charge in [-0.25, -0.2) is 4.79 Å². The molecule has 6 heteroatoms. The quantitative estimate of drug-likeness (QED) is 0.685. The van der Waals surface area contributed by atoms with E-state index in [9.17, 15) is 15.2 Å². The highest BCUT2D eigenvalue weighted by atomic mass is 32.2. The van der Waals surface area contributed by atoms with E-state index in [4.69, 9.17) is 0 Å². The van der Waals surface area contributed by atoms with Crippen molar-refractivity contribution in [2.45, 2.75) is 22.4 Å². The van der Waals surface area contributed by atoms with Crippen molar-refractivity contribution >= 4 is 29.1 Å². The summed E-state index contributed by atoms with van der Waals surface area (Å²) >= 11 is 3.34. The number of thiophene rings is 1. The van der Waals surface area contributed by atoms with Crippen LogP contribution >= 0.6 is 23.1 Å². The van der Waals surface area contributed by atoms with Gasteiger partial charge in [-0.15, -0.1) is 11.3 Å². The highest BCUT2D eigenvalue weighted by molar-refractivity contribution is 8.01. The Morgan fingerprint density at radius 2 is 2.04 bits per heavy atom. The lowest BCUT2D eigenvalue weighted by atomic mass is 10.00. The van der Waals surface area contributed by atoms with Crippen molar-refractivity contribution in [2.24, 2.45) is 7.05 Å². The summed E-state index contributed by atoms with van der Waals surface area (Å²) in [6.07, 6.45) is 0.603. The number of benzene rings is 1. The molecule has 0 aliphatic carbocycles. The molecule has 0 amide bonds. The second kappa shape index (κ2) is 7.18. The zero-order valence-corrected chi connectivity index (χ0v) is 15.4. The minimum absolute atomic E-state index is 0.159. The van der Waals surface area contributed by atoms with Gasteiger partial charge in [0, 0.05) is 23.2 Å². The molecule has 0 aliphatic heterocycles. The lowest BCUT2D eigenvalue weighted by Crippen LogP contribution is -2.07. The molecule has 0 saturated heterocycles. The summed E-state index contributed by atoms with van der Waals surface area (Å²) in [7, 11) is 1.70. The standard InChI is InChI=1S/C19H16N2O2S2/c1-3-15-14(11-20)17(18(19(22)23)21(15)2)12-6-8-13(9-7-12)25-16-5-4-10-24-16/h4-10H,3H2,1-2H3,(H,22,23). The van der Waals surface area contributed by atoms with Crippen molar-refractivity contribution in [3.8, 4) is 17.2 Å². The maximum atomic E-state index is 11.8. The summed E-state index contributed by atoms with van der Waals surface area (Å²) in [6, 6.07) is 14.0. The molecular formula is C19H16N2O2S2. The van der Waals surface area contributed by atoms with Gasteiger partial charge in [-0.2, -0.15) is 5.26 Å². The molecule has 4 nitrogen and oxygen atoms in total. The molecule has 2 heterocycles. The second-order valence-corrected chi connectivity index (χ2v) is 7.75. The van der Waals surface area contributed by atoms with Gasteiger partial charge in [0.25, 0.3) is 0 Å². The molecule has 0 atom stereocenters. The van der Waals surface area contributed by atoms with E-state index in [1.165, 1.54) is 4.21 Å². The highest BCUT2D eigenvalue weighted by Gasteiger charge is 2.25. The van der Waals surface area contributed by atoms with Gasteiger partial charge in [-0.1, -0.05) is 36.9 Å². The fourth-order valence-electron chi connectivity index (χ4n) is 2.93. The number of aromatic nitrogens is 1. The predicted molar refractivity (Wildman–Crippen MR) is 100 cm³/mol. The van der Waals surface area contributed by atoms with Crippen LogP contribution in [0.3, 0.4) is 0 Å². The third-order valence-electron chi connectivity index (χ3n) is 4.02. The Morgan fingerprint density at radius 3 is 2.56 bits per heavy atom. The molecule has 1 aromatic carbocycles. The monoisotopic (exact) mass is 368 g/mol. The van der Waals surface area contributed by atoms with Crippen LogP contribution < -0.4 is 0 Å². The van der Waals surface area contributed by atoms with Crippen LogP contribution in [-0.2, 0) is 13.5 Å². The maximum Gasteiger partial charge on any atom is 0.353 e. The van der Waals surface area contributed by atoms with Gasteiger partial charge in [0.2, 0.25) is 0 Å². The predicted octanol–water partition coefficient (Wildman–Crippen LogP) is 5.04. The molecule has 0 saturated carbocycles. The molecule has 1 N–H and O–H groups in total. The van der Waals surface area contributed by atoms with E-state index in [1.807, 2.05) is 42.6 Å². The van der Waals surface area contributed by atoms with Crippen LogP contribution in [0.1, 0.15) is 28.7 Å². The summed E-state index contributed by atoms with van der Waals surface area (Å²) in [6.45, 7) is 1.92. The Balaban J connectivity index is 2.07. The largest absolute Gasteiger partial charge is 0.477 e. The molecule has 3 aromatic rings. The van der Waals surface area contributed by atoms with Crippen LogP contribution in [0.2, 0.25) is 0 Å². The Labute approximate surface area is 154 Å². The van der Waals surface area contributed by atoms with Gasteiger partial charge >= 0.3 is 5.97 Å². The number of nitrogens with zero attached hydrogens (tertiary/aromatic N) is 2. The first-order valence-corrected chi connectivity index (χ1v) is 9.43. The van der Waals surface area contributed by atoms with E-state index in [0.29, 0.717) is 17.5 Å². The van der Waals surface area contributed by atoms with Crippen LogP contribution in [0.25, 0.3) is 11.1 Å². The van der Waals surface area contributed by atoms with Crippen LogP contribution in [0.4, 0.5) is 0 Å². The van der Waals surface area contributed by atoms with Crippen LogP contribution in [0.15, 0.2) is 50.9 Å². The van der Waals surface area contributed by atoms with Gasteiger partial charge in [0.1, 0.15) is 11.8 Å². The van der Waals surface area contributed by atoms with Gasteiger partial charge in [-0.05, 0) is 35.6 Å². The first-order valence-electron chi connectivity index (χ1n) is 7.73. The van der Waals surface area contributed by atoms with Crippen LogP contribution in [0, 0.1) is 11.3 Å². The SMILES string of the molecule is CCc1c(C#N)c(-c2ccc(Sc3cccs3)cc2)c(C(=O)O)n1C. The topological polar surface area (TPSA) is 66.0 Å². The van der Waals surface area contributed by atoms with Gasteiger partial charge in [0.15, 0.2) is 0 Å². The minimum Gasteiger partial charge on any atom is -0.477 e. The van der Waals surface area contributed by atoms with E-state index in [-0.39, 0.29) is 5.69 Å². The zero-order chi connectivity index (χ0) is 18.0. The van der Waals surface area contributed by atoms with Gasteiger partial charge in [0.05, 0.1) is 9.77 Å². The van der Waals surface area contributed by atoms with E-state index in [1.54, 1.807) is 34.7 Å². The summed E-state index contributed by atoms with van der Waals surface area (Å²) in [5.41, 5.74) is 2.60. The number of aromatic carboxylic acids is 1. The first-order chi connectivity index (χ1) is 12.1. The Kier molecular flexibility index (Phi) is 4.98. The van der Waals surface area contributed by atoms with Crippen molar-refractivity contribution in [1.29, 1.82) is 5.26 Å². The maximum absolute atomic E-state index is 11.8. The molecule has 0 spiro atoms. The molecule has 126 valence electrons. The normalized spacial score (nSPS) is 10.6. The lowest BCUT2D eigenvalue weighted by molar-refractivity contribution is 0.0687. The summed E-state index contributed by atoms with van der Waals surface area (Å²) in [5, 5.41) is 21.2. The zero-order valence-electron chi connectivity index (χ0n) is 13.8. The van der Waals surface area contributed by atoms with Crippen molar-refractivity contribution in [3.05, 3.63) is 58.7 Å². The Morgan fingerprint density at radius 1 is 1.32 bits per heavy atom. The summed E-state index contributed by atoms with van der Waals surface area (Å²) in [5.74, 6) is -1.02. The third kappa shape index (κ3) is 3.21. The van der Waals surface area contributed by atoms with Crippen molar-refractivity contribution < 1.29 is 9.90 Å². The fraction of sp³-hybridized carbons (Fsp3) is 0.158. The Hall–Kier alpha value is -2.49. The van der Waals surface area contributed by atoms with Crippen molar-refractivity contribution in [1.82, 2.24) is 4.57 Å². The number of carbonyl (C=O) groups is 1. The lowest BCUT2D eigenvalue weighted by Gasteiger charge is -2.05. The van der Waals surface area contributed by atoms with E-state index < -0.39 is 5.97 Å². The van der Waals surface area contributed by atoms with E-state index in [0.717, 1.165) is 16.2 Å². The number of carboxylic acids is 1. The smallest absolute Gasteiger partial charge is 0.353 e. The molecule has 0 radical (unpaired) electrons. The Bertz CT molecular complexity index is 949. The van der Waals surface area contributed by atoms with E-state index in [2.05, 4.69) is 12.1 Å². The number of carboxylic acid groups (broad SMARTS) is 1. The first kappa shape index (κ1) is 17.3. The van der Waals surface area contributed by atoms with Crippen molar-refractivity contribution in [2.75, 3.05) is 0 Å². The molecule has 0 unspecified atom stereocenters. The van der Waals surface area contributed by atoms with Gasteiger partial charge < -0.3 is 9.67 Å². The average molecular weight is 368 g/mol. The number of rotatable bonds is 5. The van der Waals surface area contributed by atoms with Crippen LogP contribution in [-0.4, -0.2) is 15.6 Å². The molecule has 2 aromatic heterocycles. The third-order valence-corrected chi connectivity index (χ3v) is 6.07. The average Bonchev–Trinajstić information content (AvgIpc) is 3.20. The molecule has 3 rings (SSSR count). The minimum atomic E-state index is -1.02. The fourth-order valence-corrected chi connectivity index (χ4v) is 4.67. The summed E-state index contributed by atoms with van der Waals surface area (Å²) < 4.78 is 2.81. The number of hydrogen-bond donors (Lipinski definition) is 1. The summed E-state index contributed by atoms with van der Waals surface area (Å²) in [4.78, 5) is 12.8. The van der Waals surface area contributed by atoms with Gasteiger partial charge in [-0.3, -0.25) is 0 Å². The molecule has 0 bridgehead atoms.